The lowest BCUT2D eigenvalue weighted by molar-refractivity contribution is -0.0790. The minimum atomic E-state index is -4.31. The fraction of sp³-hybridized carbons (Fsp3) is 0.0476. The van der Waals surface area contributed by atoms with E-state index in [1.807, 2.05) is 60.7 Å². The Morgan fingerprint density at radius 1 is 0.720 bits per heavy atom. The van der Waals surface area contributed by atoms with Crippen LogP contribution in [0.3, 0.4) is 0 Å². The fourth-order valence-electron chi connectivity index (χ4n) is 3.14. The van der Waals surface area contributed by atoms with E-state index in [1.54, 1.807) is 12.1 Å². The molecule has 0 radical (unpaired) electrons. The molecule has 0 saturated carbocycles. The van der Waals surface area contributed by atoms with E-state index >= 15 is 0 Å². The Morgan fingerprint density at radius 3 is 2.16 bits per heavy atom. The van der Waals surface area contributed by atoms with Crippen LogP contribution in [0.1, 0.15) is 5.56 Å². The quantitative estimate of drug-likeness (QED) is 0.401. The molecule has 4 rings (SSSR count). The molecule has 4 heteroatoms. The van der Waals surface area contributed by atoms with Crippen molar-refractivity contribution in [1.82, 2.24) is 4.57 Å². The standard InChI is InChI=1S/C21H14F3N/c22-21(23,24)13-12-15-10-11-20-18(14-15)17-8-4-5-9-19(17)25(20)16-6-2-1-3-7-16/h1-14H/b13-12+. The third-order valence-electron chi connectivity index (χ3n) is 4.18. The average molecular weight is 337 g/mol. The summed E-state index contributed by atoms with van der Waals surface area (Å²) in [5.41, 5.74) is 3.55. The first kappa shape index (κ1) is 15.5. The van der Waals surface area contributed by atoms with Crippen molar-refractivity contribution in [2.75, 3.05) is 0 Å². The van der Waals surface area contributed by atoms with E-state index in [1.165, 1.54) is 0 Å². The largest absolute Gasteiger partial charge is 0.409 e. The molecule has 1 aromatic heterocycles. The number of rotatable bonds is 2. The molecule has 3 aromatic carbocycles. The Kier molecular flexibility index (Phi) is 3.61. The number of aromatic nitrogens is 1. The van der Waals surface area contributed by atoms with E-state index in [9.17, 15) is 13.2 Å². The number of benzene rings is 3. The molecule has 25 heavy (non-hydrogen) atoms. The zero-order valence-electron chi connectivity index (χ0n) is 13.2. The van der Waals surface area contributed by atoms with Crippen LogP contribution >= 0.6 is 0 Å². The zero-order valence-corrected chi connectivity index (χ0v) is 13.2. The maximum absolute atomic E-state index is 12.4. The monoisotopic (exact) mass is 337 g/mol. The van der Waals surface area contributed by atoms with Crippen LogP contribution in [0.5, 0.6) is 0 Å². The molecule has 0 aliphatic heterocycles. The van der Waals surface area contributed by atoms with Crippen LogP contribution < -0.4 is 0 Å². The molecule has 0 atom stereocenters. The minimum Gasteiger partial charge on any atom is -0.309 e. The highest BCUT2D eigenvalue weighted by atomic mass is 19.4. The van der Waals surface area contributed by atoms with Gasteiger partial charge in [-0.3, -0.25) is 0 Å². The van der Waals surface area contributed by atoms with E-state index < -0.39 is 6.18 Å². The molecular weight excluding hydrogens is 323 g/mol. The van der Waals surface area contributed by atoms with Gasteiger partial charge in [0.1, 0.15) is 0 Å². The lowest BCUT2D eigenvalue weighted by Gasteiger charge is -2.07. The van der Waals surface area contributed by atoms with Gasteiger partial charge in [-0.2, -0.15) is 13.2 Å². The Morgan fingerprint density at radius 2 is 1.40 bits per heavy atom. The molecule has 0 aliphatic rings. The van der Waals surface area contributed by atoms with Gasteiger partial charge in [-0.05, 0) is 35.9 Å². The molecule has 0 saturated heterocycles. The molecule has 4 aromatic rings. The summed E-state index contributed by atoms with van der Waals surface area (Å²) in [7, 11) is 0. The first-order chi connectivity index (χ1) is 12.0. The molecule has 1 nitrogen and oxygen atoms in total. The summed E-state index contributed by atoms with van der Waals surface area (Å²) in [6.45, 7) is 0. The minimum absolute atomic E-state index is 0.268. The third-order valence-corrected chi connectivity index (χ3v) is 4.18. The number of hydrogen-bond acceptors (Lipinski definition) is 0. The van der Waals surface area contributed by atoms with E-state index in [2.05, 4.69) is 4.57 Å². The second-order valence-electron chi connectivity index (χ2n) is 5.84. The Labute approximate surface area is 142 Å². The zero-order chi connectivity index (χ0) is 17.4. The number of hydrogen-bond donors (Lipinski definition) is 0. The Bertz CT molecular complexity index is 1070. The van der Waals surface area contributed by atoms with Crippen molar-refractivity contribution in [2.45, 2.75) is 6.18 Å². The van der Waals surface area contributed by atoms with Crippen LogP contribution in [0, 0.1) is 0 Å². The lowest BCUT2D eigenvalue weighted by atomic mass is 10.1. The third kappa shape index (κ3) is 2.91. The molecule has 0 fully saturated rings. The van der Waals surface area contributed by atoms with Gasteiger partial charge in [0, 0.05) is 22.5 Å². The molecule has 0 aliphatic carbocycles. The molecular formula is C21H14F3N. The Balaban J connectivity index is 1.98. The van der Waals surface area contributed by atoms with Crippen LogP contribution in [0.2, 0.25) is 0 Å². The van der Waals surface area contributed by atoms with Gasteiger partial charge in [-0.15, -0.1) is 0 Å². The van der Waals surface area contributed by atoms with Crippen molar-refractivity contribution in [3.8, 4) is 5.69 Å². The van der Waals surface area contributed by atoms with Gasteiger partial charge in [0.2, 0.25) is 0 Å². The van der Waals surface area contributed by atoms with E-state index in [4.69, 9.17) is 0 Å². The number of allylic oxidation sites excluding steroid dienone is 1. The normalized spacial score (nSPS) is 12.4. The molecule has 0 spiro atoms. The maximum Gasteiger partial charge on any atom is 0.409 e. The van der Waals surface area contributed by atoms with Crippen LogP contribution in [0.25, 0.3) is 33.6 Å². The van der Waals surface area contributed by atoms with E-state index in [0.717, 1.165) is 33.6 Å². The summed E-state index contributed by atoms with van der Waals surface area (Å²) < 4.78 is 39.5. The van der Waals surface area contributed by atoms with Gasteiger partial charge in [-0.1, -0.05) is 48.5 Å². The SMILES string of the molecule is FC(F)(F)/C=C/c1ccc2c(c1)c1ccccc1n2-c1ccccc1. The smallest absolute Gasteiger partial charge is 0.309 e. The van der Waals surface area contributed by atoms with Crippen LogP contribution in [0.15, 0.2) is 78.9 Å². The molecule has 0 unspecified atom stereocenters. The fourth-order valence-corrected chi connectivity index (χ4v) is 3.14. The predicted octanol–water partition coefficient (Wildman–Crippen LogP) is 6.36. The molecule has 0 bridgehead atoms. The van der Waals surface area contributed by atoms with Crippen LogP contribution in [-0.2, 0) is 0 Å². The second kappa shape index (κ2) is 5.81. The summed E-state index contributed by atoms with van der Waals surface area (Å²) in [6, 6.07) is 23.2. The van der Waals surface area contributed by atoms with Gasteiger partial charge in [0.25, 0.3) is 0 Å². The van der Waals surface area contributed by atoms with Crippen molar-refractivity contribution >= 4 is 27.9 Å². The second-order valence-corrected chi connectivity index (χ2v) is 5.84. The average Bonchev–Trinajstić information content (AvgIpc) is 2.94. The predicted molar refractivity (Wildman–Crippen MR) is 95.9 cm³/mol. The van der Waals surface area contributed by atoms with Gasteiger partial charge in [-0.25, -0.2) is 0 Å². The first-order valence-electron chi connectivity index (χ1n) is 7.87. The van der Waals surface area contributed by atoms with Gasteiger partial charge >= 0.3 is 6.18 Å². The summed E-state index contributed by atoms with van der Waals surface area (Å²) in [5, 5.41) is 1.95. The number of fused-ring (bicyclic) bond motifs is 3. The summed E-state index contributed by atoms with van der Waals surface area (Å²) >= 11 is 0. The molecule has 0 N–H and O–H groups in total. The van der Waals surface area contributed by atoms with Crippen molar-refractivity contribution in [3.05, 3.63) is 84.4 Å². The van der Waals surface area contributed by atoms with Crippen molar-refractivity contribution in [3.63, 3.8) is 0 Å². The van der Waals surface area contributed by atoms with Crippen molar-refractivity contribution < 1.29 is 13.2 Å². The highest BCUT2D eigenvalue weighted by molar-refractivity contribution is 6.09. The van der Waals surface area contributed by atoms with E-state index in [-0.39, 0.29) is 6.08 Å². The maximum atomic E-state index is 12.4. The van der Waals surface area contributed by atoms with Gasteiger partial charge in [0.15, 0.2) is 0 Å². The highest BCUT2D eigenvalue weighted by Gasteiger charge is 2.21. The van der Waals surface area contributed by atoms with Crippen molar-refractivity contribution in [2.24, 2.45) is 0 Å². The number of nitrogens with zero attached hydrogens (tertiary/aromatic N) is 1. The lowest BCUT2D eigenvalue weighted by Crippen LogP contribution is -2.00. The van der Waals surface area contributed by atoms with Crippen LogP contribution in [0.4, 0.5) is 13.2 Å². The van der Waals surface area contributed by atoms with Gasteiger partial charge in [0.05, 0.1) is 11.0 Å². The summed E-state index contributed by atoms with van der Waals surface area (Å²) in [4.78, 5) is 0. The topological polar surface area (TPSA) is 4.93 Å². The number of alkyl halides is 3. The Hall–Kier alpha value is -3.01. The summed E-state index contributed by atoms with van der Waals surface area (Å²) in [5.74, 6) is 0. The first-order valence-corrected chi connectivity index (χ1v) is 7.87. The summed E-state index contributed by atoms with van der Waals surface area (Å²) in [6.07, 6.45) is -2.94. The van der Waals surface area contributed by atoms with Crippen molar-refractivity contribution in [1.29, 1.82) is 0 Å². The molecule has 1 heterocycles. The number of halogens is 3. The van der Waals surface area contributed by atoms with Crippen LogP contribution in [-0.4, -0.2) is 10.7 Å². The van der Waals surface area contributed by atoms with E-state index in [0.29, 0.717) is 5.56 Å². The number of para-hydroxylation sites is 2. The van der Waals surface area contributed by atoms with Gasteiger partial charge < -0.3 is 4.57 Å². The highest BCUT2D eigenvalue weighted by Crippen LogP contribution is 2.33. The molecule has 124 valence electrons. The molecule has 0 amide bonds.